The van der Waals surface area contributed by atoms with E-state index in [2.05, 4.69) is 0 Å². The fraction of sp³-hybridized carbons (Fsp3) is 0.571. The summed E-state index contributed by atoms with van der Waals surface area (Å²) in [4.78, 5) is 0. The highest BCUT2D eigenvalue weighted by atomic mass is 35.5. The van der Waals surface area contributed by atoms with Crippen molar-refractivity contribution in [1.29, 1.82) is 0 Å². The van der Waals surface area contributed by atoms with Crippen LogP contribution in [-0.4, -0.2) is 16.3 Å². The molecule has 2 unspecified atom stereocenters. The molecule has 1 rings (SSSR count). The molecule has 0 amide bonds. The van der Waals surface area contributed by atoms with Crippen LogP contribution in [0.15, 0.2) is 18.2 Å². The molecule has 0 aliphatic carbocycles. The van der Waals surface area contributed by atoms with Crippen molar-refractivity contribution in [2.24, 2.45) is 5.92 Å². The average Bonchev–Trinajstić information content (AvgIpc) is 2.33. The predicted molar refractivity (Wildman–Crippen MR) is 71.2 cm³/mol. The summed E-state index contributed by atoms with van der Waals surface area (Å²) in [7, 11) is 0. The Morgan fingerprint density at radius 3 is 2.24 bits per heavy atom. The molecular formula is C14H21ClO2. The van der Waals surface area contributed by atoms with Crippen molar-refractivity contribution < 1.29 is 10.2 Å². The van der Waals surface area contributed by atoms with Gasteiger partial charge in [0.05, 0.1) is 6.10 Å². The Labute approximate surface area is 108 Å². The van der Waals surface area contributed by atoms with Crippen LogP contribution in [0.2, 0.25) is 5.02 Å². The molecule has 0 aliphatic heterocycles. The Morgan fingerprint density at radius 2 is 1.76 bits per heavy atom. The molecule has 0 radical (unpaired) electrons. The van der Waals surface area contributed by atoms with E-state index in [0.717, 1.165) is 18.4 Å². The SMILES string of the molecule is CCC(CC)C(O)C(O)c1ccc(C)c(Cl)c1. The largest absolute Gasteiger partial charge is 0.390 e. The zero-order valence-electron chi connectivity index (χ0n) is 10.7. The molecule has 0 heterocycles. The minimum atomic E-state index is -0.863. The van der Waals surface area contributed by atoms with Crippen molar-refractivity contribution >= 4 is 11.6 Å². The second kappa shape index (κ2) is 6.39. The van der Waals surface area contributed by atoms with E-state index in [1.165, 1.54) is 0 Å². The third-order valence-corrected chi connectivity index (χ3v) is 3.80. The summed E-state index contributed by atoms with van der Waals surface area (Å²) in [6.45, 7) is 5.95. The monoisotopic (exact) mass is 256 g/mol. The van der Waals surface area contributed by atoms with Crippen LogP contribution >= 0.6 is 11.6 Å². The van der Waals surface area contributed by atoms with Gasteiger partial charge in [-0.05, 0) is 30.0 Å². The van der Waals surface area contributed by atoms with Gasteiger partial charge < -0.3 is 10.2 Å². The van der Waals surface area contributed by atoms with E-state index in [-0.39, 0.29) is 5.92 Å². The number of halogens is 1. The zero-order chi connectivity index (χ0) is 13.0. The molecule has 17 heavy (non-hydrogen) atoms. The van der Waals surface area contributed by atoms with Crippen LogP contribution in [0.25, 0.3) is 0 Å². The van der Waals surface area contributed by atoms with E-state index in [4.69, 9.17) is 11.6 Å². The molecule has 1 aromatic carbocycles. The highest BCUT2D eigenvalue weighted by Crippen LogP contribution is 2.28. The highest BCUT2D eigenvalue weighted by molar-refractivity contribution is 6.31. The number of hydrogen-bond acceptors (Lipinski definition) is 2. The summed E-state index contributed by atoms with van der Waals surface area (Å²) in [6, 6.07) is 5.41. The number of aliphatic hydroxyl groups excluding tert-OH is 2. The van der Waals surface area contributed by atoms with Gasteiger partial charge in [0.2, 0.25) is 0 Å². The maximum absolute atomic E-state index is 10.1. The van der Waals surface area contributed by atoms with Crippen LogP contribution in [0.5, 0.6) is 0 Å². The summed E-state index contributed by atoms with van der Waals surface area (Å²) in [6.07, 6.45) is 0.115. The van der Waals surface area contributed by atoms with Crippen LogP contribution in [0, 0.1) is 12.8 Å². The van der Waals surface area contributed by atoms with Gasteiger partial charge in [-0.1, -0.05) is 50.4 Å². The molecule has 0 saturated heterocycles. The van der Waals surface area contributed by atoms with E-state index in [0.29, 0.717) is 10.6 Å². The Balaban J connectivity index is 2.87. The summed E-state index contributed by atoms with van der Waals surface area (Å²) >= 11 is 6.02. The Morgan fingerprint density at radius 1 is 1.18 bits per heavy atom. The van der Waals surface area contributed by atoms with Crippen molar-refractivity contribution in [3.05, 3.63) is 34.3 Å². The van der Waals surface area contributed by atoms with Gasteiger partial charge in [0.1, 0.15) is 6.10 Å². The fourth-order valence-corrected chi connectivity index (χ4v) is 2.21. The first kappa shape index (κ1) is 14.5. The molecule has 0 aromatic heterocycles. The van der Waals surface area contributed by atoms with Gasteiger partial charge in [-0.2, -0.15) is 0 Å². The van der Waals surface area contributed by atoms with Gasteiger partial charge in [-0.15, -0.1) is 0 Å². The van der Waals surface area contributed by atoms with Crippen LogP contribution in [0.3, 0.4) is 0 Å². The maximum atomic E-state index is 10.1. The lowest BCUT2D eigenvalue weighted by Crippen LogP contribution is -2.27. The van der Waals surface area contributed by atoms with Crippen molar-refractivity contribution in [1.82, 2.24) is 0 Å². The second-order valence-corrected chi connectivity index (χ2v) is 4.93. The molecule has 96 valence electrons. The van der Waals surface area contributed by atoms with Gasteiger partial charge in [0, 0.05) is 5.02 Å². The topological polar surface area (TPSA) is 40.5 Å². The van der Waals surface area contributed by atoms with E-state index in [9.17, 15) is 10.2 Å². The molecule has 3 heteroatoms. The molecule has 0 bridgehead atoms. The van der Waals surface area contributed by atoms with Crippen molar-refractivity contribution in [2.75, 3.05) is 0 Å². The average molecular weight is 257 g/mol. The first-order valence-corrected chi connectivity index (χ1v) is 6.51. The molecule has 2 N–H and O–H groups in total. The van der Waals surface area contributed by atoms with Crippen LogP contribution in [-0.2, 0) is 0 Å². The molecule has 0 saturated carbocycles. The van der Waals surface area contributed by atoms with Crippen molar-refractivity contribution in [3.8, 4) is 0 Å². The summed E-state index contributed by atoms with van der Waals surface area (Å²) in [5.41, 5.74) is 1.65. The van der Waals surface area contributed by atoms with E-state index in [1.54, 1.807) is 6.07 Å². The van der Waals surface area contributed by atoms with Gasteiger partial charge in [0.15, 0.2) is 0 Å². The lowest BCUT2D eigenvalue weighted by molar-refractivity contribution is -0.0209. The zero-order valence-corrected chi connectivity index (χ0v) is 11.4. The molecule has 1 aromatic rings. The van der Waals surface area contributed by atoms with Gasteiger partial charge in [-0.25, -0.2) is 0 Å². The quantitative estimate of drug-likeness (QED) is 0.847. The molecule has 0 aliphatic rings. The minimum absolute atomic E-state index is 0.116. The number of rotatable bonds is 5. The molecule has 0 spiro atoms. The smallest absolute Gasteiger partial charge is 0.105 e. The lowest BCUT2D eigenvalue weighted by Gasteiger charge is -2.25. The highest BCUT2D eigenvalue weighted by Gasteiger charge is 2.25. The Kier molecular flexibility index (Phi) is 5.44. The molecule has 2 nitrogen and oxygen atoms in total. The standard InChI is InChI=1S/C14H21ClO2/c1-4-10(5-2)13(16)14(17)11-7-6-9(3)12(15)8-11/h6-8,10,13-14,16-17H,4-5H2,1-3H3. The summed E-state index contributed by atoms with van der Waals surface area (Å²) in [5, 5.41) is 20.8. The van der Waals surface area contributed by atoms with Crippen LogP contribution in [0.1, 0.15) is 43.9 Å². The van der Waals surface area contributed by atoms with Gasteiger partial charge in [0.25, 0.3) is 0 Å². The Bertz CT molecular complexity index is 361. The van der Waals surface area contributed by atoms with E-state index in [1.807, 2.05) is 32.9 Å². The molecular weight excluding hydrogens is 236 g/mol. The first-order chi connectivity index (χ1) is 8.01. The number of aryl methyl sites for hydroxylation is 1. The minimum Gasteiger partial charge on any atom is -0.390 e. The van der Waals surface area contributed by atoms with Crippen molar-refractivity contribution in [3.63, 3.8) is 0 Å². The maximum Gasteiger partial charge on any atom is 0.105 e. The normalized spacial score (nSPS) is 15.0. The number of hydrogen-bond donors (Lipinski definition) is 2. The summed E-state index contributed by atoms with van der Waals surface area (Å²) < 4.78 is 0. The Hall–Kier alpha value is -0.570. The number of benzene rings is 1. The predicted octanol–water partition coefficient (Wildman–Crippen LogP) is 3.48. The van der Waals surface area contributed by atoms with Crippen LogP contribution in [0.4, 0.5) is 0 Å². The first-order valence-electron chi connectivity index (χ1n) is 6.13. The van der Waals surface area contributed by atoms with E-state index < -0.39 is 12.2 Å². The number of aliphatic hydroxyl groups is 2. The molecule has 0 fully saturated rings. The van der Waals surface area contributed by atoms with Crippen molar-refractivity contribution in [2.45, 2.75) is 45.8 Å². The lowest BCUT2D eigenvalue weighted by atomic mass is 9.89. The summed E-state index contributed by atoms with van der Waals surface area (Å²) in [5.74, 6) is 0.116. The molecule has 2 atom stereocenters. The third-order valence-electron chi connectivity index (χ3n) is 3.39. The third kappa shape index (κ3) is 3.44. The van der Waals surface area contributed by atoms with Gasteiger partial charge in [-0.3, -0.25) is 0 Å². The second-order valence-electron chi connectivity index (χ2n) is 4.52. The van der Waals surface area contributed by atoms with Gasteiger partial charge >= 0.3 is 0 Å². The van der Waals surface area contributed by atoms with E-state index >= 15 is 0 Å². The van der Waals surface area contributed by atoms with Crippen LogP contribution < -0.4 is 0 Å². The fourth-order valence-electron chi connectivity index (χ4n) is 2.02.